The largest absolute Gasteiger partial charge is 0.314 e. The lowest BCUT2D eigenvalue weighted by atomic mass is 9.93. The van der Waals surface area contributed by atoms with E-state index in [1.54, 1.807) is 48.5 Å². The minimum Gasteiger partial charge on any atom is -0.288 e. The van der Waals surface area contributed by atoms with Crippen molar-refractivity contribution < 1.29 is 14.4 Å². The third-order valence-electron chi connectivity index (χ3n) is 4.27. The van der Waals surface area contributed by atoms with Gasteiger partial charge in [0.2, 0.25) is 5.78 Å². The van der Waals surface area contributed by atoms with E-state index >= 15 is 0 Å². The highest BCUT2D eigenvalue weighted by Crippen LogP contribution is 2.30. The highest BCUT2D eigenvalue weighted by atomic mass is 16.2. The number of Topliss-reactive ketones (excluding diaryl/α,β-unsaturated/α-hetero) is 1. The van der Waals surface area contributed by atoms with E-state index in [1.807, 2.05) is 19.1 Å². The Hall–Kier alpha value is -2.95. The average Bonchev–Trinajstić information content (AvgIpc) is 2.66. The zero-order chi connectivity index (χ0) is 17.8. The van der Waals surface area contributed by atoms with Crippen molar-refractivity contribution in [3.8, 4) is 0 Å². The summed E-state index contributed by atoms with van der Waals surface area (Å²) >= 11 is 0. The summed E-state index contributed by atoms with van der Waals surface area (Å²) < 4.78 is 0. The topological polar surface area (TPSA) is 57.7 Å². The molecule has 2 amide bonds. The standard InChI is InChI=1S/C20H20N2O3/c1-2-3-14-17-18(23)20(25)22(16-12-8-5-9-13-16)21(19(17)24)15-10-6-4-7-11-15/h4-13,17H,2-3,14H2,1H3. The summed E-state index contributed by atoms with van der Waals surface area (Å²) in [5.41, 5.74) is 1.06. The lowest BCUT2D eigenvalue weighted by Crippen LogP contribution is -2.62. The maximum Gasteiger partial charge on any atom is 0.314 e. The molecule has 0 radical (unpaired) electrons. The number of anilines is 2. The zero-order valence-corrected chi connectivity index (χ0v) is 14.1. The van der Waals surface area contributed by atoms with E-state index in [9.17, 15) is 14.4 Å². The Kier molecular flexibility index (Phi) is 4.93. The molecule has 0 bridgehead atoms. The van der Waals surface area contributed by atoms with E-state index in [4.69, 9.17) is 0 Å². The molecule has 5 heteroatoms. The number of carbonyl (C=O) groups is 3. The van der Waals surface area contributed by atoms with Gasteiger partial charge in [0.1, 0.15) is 5.92 Å². The van der Waals surface area contributed by atoms with Crippen LogP contribution in [0.2, 0.25) is 0 Å². The van der Waals surface area contributed by atoms with Gasteiger partial charge in [-0.05, 0) is 30.7 Å². The first-order valence-corrected chi connectivity index (χ1v) is 8.47. The minimum absolute atomic E-state index is 0.354. The van der Waals surface area contributed by atoms with E-state index < -0.39 is 17.6 Å². The Bertz CT molecular complexity index is 774. The fourth-order valence-corrected chi connectivity index (χ4v) is 2.98. The van der Waals surface area contributed by atoms with Crippen LogP contribution in [-0.4, -0.2) is 17.6 Å². The van der Waals surface area contributed by atoms with Gasteiger partial charge in [0.25, 0.3) is 5.91 Å². The molecule has 1 unspecified atom stereocenters. The smallest absolute Gasteiger partial charge is 0.288 e. The van der Waals surface area contributed by atoms with Crippen molar-refractivity contribution in [3.63, 3.8) is 0 Å². The van der Waals surface area contributed by atoms with Crippen LogP contribution in [0.3, 0.4) is 0 Å². The molecule has 1 saturated heterocycles. The van der Waals surface area contributed by atoms with Crippen LogP contribution in [0.1, 0.15) is 26.2 Å². The molecule has 0 N–H and O–H groups in total. The molecule has 1 atom stereocenters. The first-order chi connectivity index (χ1) is 12.1. The van der Waals surface area contributed by atoms with Gasteiger partial charge >= 0.3 is 5.91 Å². The lowest BCUT2D eigenvalue weighted by molar-refractivity contribution is -0.145. The molecule has 2 aromatic carbocycles. The number of rotatable bonds is 5. The molecule has 1 aliphatic rings. The van der Waals surface area contributed by atoms with Gasteiger partial charge in [-0.2, -0.15) is 0 Å². The average molecular weight is 336 g/mol. The number of hydrazine groups is 1. The number of hydrogen-bond donors (Lipinski definition) is 0. The molecular formula is C20H20N2O3. The second-order valence-corrected chi connectivity index (χ2v) is 6.00. The van der Waals surface area contributed by atoms with Crippen LogP contribution in [0.25, 0.3) is 0 Å². The molecule has 3 rings (SSSR count). The van der Waals surface area contributed by atoms with Gasteiger partial charge in [-0.3, -0.25) is 14.4 Å². The summed E-state index contributed by atoms with van der Waals surface area (Å²) in [7, 11) is 0. The van der Waals surface area contributed by atoms with Crippen molar-refractivity contribution in [1.82, 2.24) is 0 Å². The molecule has 0 aromatic heterocycles. The van der Waals surface area contributed by atoms with Crippen LogP contribution in [0.4, 0.5) is 11.4 Å². The van der Waals surface area contributed by atoms with Gasteiger partial charge in [0.15, 0.2) is 0 Å². The Morgan fingerprint density at radius 3 is 1.84 bits per heavy atom. The molecule has 5 nitrogen and oxygen atoms in total. The molecule has 0 spiro atoms. The maximum atomic E-state index is 13.1. The van der Waals surface area contributed by atoms with Crippen LogP contribution in [0.5, 0.6) is 0 Å². The summed E-state index contributed by atoms with van der Waals surface area (Å²) in [5, 5.41) is 2.52. The summed E-state index contributed by atoms with van der Waals surface area (Å²) in [6, 6.07) is 17.7. The number of unbranched alkanes of at least 4 members (excludes halogenated alkanes) is 1. The van der Waals surface area contributed by atoms with Crippen LogP contribution in [-0.2, 0) is 14.4 Å². The highest BCUT2D eigenvalue weighted by Gasteiger charge is 2.46. The molecule has 1 fully saturated rings. The predicted octanol–water partition coefficient (Wildman–Crippen LogP) is 3.36. The monoisotopic (exact) mass is 336 g/mol. The van der Waals surface area contributed by atoms with E-state index in [0.29, 0.717) is 17.8 Å². The third-order valence-corrected chi connectivity index (χ3v) is 4.27. The number of ketones is 1. The van der Waals surface area contributed by atoms with Gasteiger partial charge < -0.3 is 0 Å². The van der Waals surface area contributed by atoms with Gasteiger partial charge in [0.05, 0.1) is 11.4 Å². The van der Waals surface area contributed by atoms with Crippen molar-refractivity contribution in [2.75, 3.05) is 10.0 Å². The first-order valence-electron chi connectivity index (χ1n) is 8.47. The molecule has 0 saturated carbocycles. The quantitative estimate of drug-likeness (QED) is 0.621. The highest BCUT2D eigenvalue weighted by molar-refractivity contribution is 6.49. The number of benzene rings is 2. The molecule has 0 aliphatic carbocycles. The molecule has 1 heterocycles. The third kappa shape index (κ3) is 3.18. The van der Waals surface area contributed by atoms with Crippen LogP contribution < -0.4 is 10.0 Å². The molecule has 1 aliphatic heterocycles. The number of para-hydroxylation sites is 2. The molecule has 2 aromatic rings. The number of nitrogens with zero attached hydrogens (tertiary/aromatic N) is 2. The number of carbonyl (C=O) groups excluding carboxylic acids is 3. The van der Waals surface area contributed by atoms with E-state index in [-0.39, 0.29) is 5.91 Å². The minimum atomic E-state index is -0.910. The van der Waals surface area contributed by atoms with E-state index in [0.717, 1.165) is 12.8 Å². The van der Waals surface area contributed by atoms with Crippen molar-refractivity contribution in [1.29, 1.82) is 0 Å². The van der Waals surface area contributed by atoms with Crippen molar-refractivity contribution in [2.24, 2.45) is 5.92 Å². The summed E-state index contributed by atoms with van der Waals surface area (Å²) in [6.07, 6.45) is 1.98. The van der Waals surface area contributed by atoms with Crippen LogP contribution >= 0.6 is 0 Å². The normalized spacial score (nSPS) is 18.0. The van der Waals surface area contributed by atoms with Gasteiger partial charge in [-0.1, -0.05) is 56.2 Å². The van der Waals surface area contributed by atoms with Crippen molar-refractivity contribution >= 4 is 29.0 Å². The lowest BCUT2D eigenvalue weighted by Gasteiger charge is -2.40. The summed E-state index contributed by atoms with van der Waals surface area (Å²) in [5.74, 6) is -2.56. The van der Waals surface area contributed by atoms with Gasteiger partial charge in [-0.15, -0.1) is 0 Å². The van der Waals surface area contributed by atoms with Gasteiger partial charge in [-0.25, -0.2) is 10.0 Å². The van der Waals surface area contributed by atoms with Crippen LogP contribution in [0.15, 0.2) is 60.7 Å². The first kappa shape index (κ1) is 16.9. The Morgan fingerprint density at radius 1 is 0.800 bits per heavy atom. The van der Waals surface area contributed by atoms with Crippen molar-refractivity contribution in [2.45, 2.75) is 26.2 Å². The number of hydrogen-bond acceptors (Lipinski definition) is 3. The fraction of sp³-hybridized carbons (Fsp3) is 0.250. The van der Waals surface area contributed by atoms with E-state index in [2.05, 4.69) is 0 Å². The molecular weight excluding hydrogens is 316 g/mol. The maximum absolute atomic E-state index is 13.1. The molecule has 25 heavy (non-hydrogen) atoms. The Labute approximate surface area is 146 Å². The Morgan fingerprint density at radius 2 is 1.32 bits per heavy atom. The van der Waals surface area contributed by atoms with Gasteiger partial charge in [0, 0.05) is 0 Å². The second kappa shape index (κ2) is 7.30. The summed E-state index contributed by atoms with van der Waals surface area (Å²) in [6.45, 7) is 1.99. The number of amides is 2. The Balaban J connectivity index is 2.08. The van der Waals surface area contributed by atoms with Crippen LogP contribution in [0, 0.1) is 5.92 Å². The zero-order valence-electron chi connectivity index (χ0n) is 14.1. The fourth-order valence-electron chi connectivity index (χ4n) is 2.98. The SMILES string of the molecule is CCCCC1C(=O)C(=O)N(c2ccccc2)N(c2ccccc2)C1=O. The summed E-state index contributed by atoms with van der Waals surface area (Å²) in [4.78, 5) is 38.5. The second-order valence-electron chi connectivity index (χ2n) is 6.00. The molecule has 128 valence electrons. The van der Waals surface area contributed by atoms with E-state index in [1.165, 1.54) is 10.0 Å². The van der Waals surface area contributed by atoms with Crippen molar-refractivity contribution in [3.05, 3.63) is 60.7 Å². The predicted molar refractivity (Wildman–Crippen MR) is 95.9 cm³/mol.